The highest BCUT2D eigenvalue weighted by Crippen LogP contribution is 2.42. The smallest absolute Gasteiger partial charge is 0.257 e. The summed E-state index contributed by atoms with van der Waals surface area (Å²) in [6.07, 6.45) is 0. The third kappa shape index (κ3) is 5.34. The van der Waals surface area contributed by atoms with Crippen LogP contribution in [0.1, 0.15) is 46.9 Å². The van der Waals surface area contributed by atoms with E-state index in [1.807, 2.05) is 7.05 Å². The number of rotatable bonds is 6. The Morgan fingerprint density at radius 3 is 2.37 bits per heavy atom. The number of carbonyl (C=O) groups is 1. The zero-order valence-electron chi connectivity index (χ0n) is 22.6. The van der Waals surface area contributed by atoms with Crippen molar-refractivity contribution in [2.75, 3.05) is 61.2 Å². The number of aromatic hydroxyl groups is 1. The number of benzene rings is 1. The van der Waals surface area contributed by atoms with Crippen LogP contribution in [0.15, 0.2) is 30.3 Å². The minimum atomic E-state index is -0.177. The Balaban J connectivity index is 1.47. The number of piperazine rings is 1. The number of amides is 1. The summed E-state index contributed by atoms with van der Waals surface area (Å²) in [6, 6.07) is 9.42. The maximum absolute atomic E-state index is 13.2. The zero-order chi connectivity index (χ0) is 27.0. The van der Waals surface area contributed by atoms with Crippen LogP contribution >= 0.6 is 11.3 Å². The van der Waals surface area contributed by atoms with Crippen LogP contribution in [-0.4, -0.2) is 70.7 Å². The third-order valence-electron chi connectivity index (χ3n) is 6.91. The highest BCUT2D eigenvalue weighted by atomic mass is 32.1. The van der Waals surface area contributed by atoms with Crippen molar-refractivity contribution >= 4 is 46.2 Å². The van der Waals surface area contributed by atoms with E-state index in [-0.39, 0.29) is 28.7 Å². The van der Waals surface area contributed by atoms with Crippen LogP contribution in [0.2, 0.25) is 0 Å². The molecule has 1 amide bonds. The molecule has 0 radical (unpaired) electrons. The van der Waals surface area contributed by atoms with Gasteiger partial charge < -0.3 is 36.2 Å². The summed E-state index contributed by atoms with van der Waals surface area (Å²) in [4.78, 5) is 29.3. The molecule has 10 nitrogen and oxygen atoms in total. The Morgan fingerprint density at radius 2 is 1.74 bits per heavy atom. The van der Waals surface area contributed by atoms with Crippen molar-refractivity contribution in [1.29, 1.82) is 0 Å². The molecule has 1 saturated heterocycles. The summed E-state index contributed by atoms with van der Waals surface area (Å²) >= 11 is 1.75. The number of phenols is 1. The lowest BCUT2D eigenvalue weighted by Crippen LogP contribution is -2.47. The van der Waals surface area contributed by atoms with Gasteiger partial charge >= 0.3 is 0 Å². The second-order valence-corrected chi connectivity index (χ2v) is 12.3. The van der Waals surface area contributed by atoms with Crippen LogP contribution in [0.25, 0.3) is 0 Å². The molecule has 3 aromatic rings. The Hall–Kier alpha value is -3.57. The molecule has 2 aliphatic rings. The lowest BCUT2D eigenvalue weighted by molar-refractivity contribution is 0.0661. The molecule has 1 fully saturated rings. The number of aromatic nitrogens is 2. The van der Waals surface area contributed by atoms with Crippen LogP contribution in [-0.2, 0) is 0 Å². The first-order valence-electron chi connectivity index (χ1n) is 12.9. The van der Waals surface area contributed by atoms with Crippen molar-refractivity contribution in [2.24, 2.45) is 5.41 Å². The third-order valence-corrected chi connectivity index (χ3v) is 7.98. The number of thiophene rings is 1. The normalized spacial score (nSPS) is 16.4. The van der Waals surface area contributed by atoms with Gasteiger partial charge in [-0.3, -0.25) is 4.79 Å². The first kappa shape index (κ1) is 26.1. The number of carbonyl (C=O) groups excluding carboxylic acids is 1. The highest BCUT2D eigenvalue weighted by Gasteiger charge is 2.30. The number of phenolic OH excluding ortho intramolecular Hbond substituents is 1. The molecule has 1 atom stereocenters. The van der Waals surface area contributed by atoms with Crippen molar-refractivity contribution in [3.63, 3.8) is 0 Å². The van der Waals surface area contributed by atoms with Gasteiger partial charge in [0.15, 0.2) is 29.0 Å². The van der Waals surface area contributed by atoms with Gasteiger partial charge in [-0.15, -0.1) is 11.3 Å². The van der Waals surface area contributed by atoms with E-state index in [1.165, 1.54) is 9.75 Å². The van der Waals surface area contributed by atoms with Gasteiger partial charge in [0.25, 0.3) is 5.91 Å². The maximum atomic E-state index is 13.2. The molecule has 0 unspecified atom stereocenters. The summed E-state index contributed by atoms with van der Waals surface area (Å²) in [5.41, 5.74) is 0.551. The van der Waals surface area contributed by atoms with Crippen LogP contribution in [0.5, 0.6) is 5.75 Å². The Kier molecular flexibility index (Phi) is 7.06. The summed E-state index contributed by atoms with van der Waals surface area (Å²) < 4.78 is 0. The average Bonchev–Trinajstić information content (AvgIpc) is 3.51. The zero-order valence-corrected chi connectivity index (χ0v) is 23.4. The molecular weight excluding hydrogens is 500 g/mol. The van der Waals surface area contributed by atoms with Gasteiger partial charge in [-0.05, 0) is 43.7 Å². The topological polar surface area (TPSA) is 118 Å². The Labute approximate surface area is 227 Å². The number of nitrogens with zero attached hydrogens (tertiary/aromatic N) is 4. The molecule has 11 heteroatoms. The lowest BCUT2D eigenvalue weighted by Gasteiger charge is -2.32. The van der Waals surface area contributed by atoms with Crippen molar-refractivity contribution in [3.05, 3.63) is 45.6 Å². The molecule has 2 aliphatic heterocycles. The van der Waals surface area contributed by atoms with Gasteiger partial charge in [-0.1, -0.05) is 26.8 Å². The number of hydrogen-bond acceptors (Lipinski definition) is 10. The number of anilines is 5. The number of aryl methyl sites for hydroxylation is 1. The molecule has 0 aliphatic carbocycles. The van der Waals surface area contributed by atoms with E-state index in [0.29, 0.717) is 48.7 Å². The van der Waals surface area contributed by atoms with Crippen LogP contribution in [0.3, 0.4) is 0 Å². The fourth-order valence-corrected chi connectivity index (χ4v) is 5.84. The summed E-state index contributed by atoms with van der Waals surface area (Å²) in [5, 5.41) is 24.4. The van der Waals surface area contributed by atoms with Crippen molar-refractivity contribution in [1.82, 2.24) is 19.8 Å². The molecule has 202 valence electrons. The van der Waals surface area contributed by atoms with Gasteiger partial charge in [-0.25, -0.2) is 9.97 Å². The fourth-order valence-electron chi connectivity index (χ4n) is 4.67. The van der Waals surface area contributed by atoms with Gasteiger partial charge in [0.2, 0.25) is 0 Å². The monoisotopic (exact) mass is 536 g/mol. The number of likely N-dealkylation sites (N-methyl/N-ethyl adjacent to an activating group) is 1. The van der Waals surface area contributed by atoms with Crippen LogP contribution in [0, 0.1) is 12.3 Å². The van der Waals surface area contributed by atoms with Gasteiger partial charge in [0, 0.05) is 35.9 Å². The van der Waals surface area contributed by atoms with Gasteiger partial charge in [0.05, 0.1) is 24.0 Å². The second kappa shape index (κ2) is 10.3. The molecule has 0 bridgehead atoms. The first-order chi connectivity index (χ1) is 18.1. The Morgan fingerprint density at radius 1 is 1.05 bits per heavy atom. The molecule has 4 heterocycles. The fraction of sp³-hybridized carbons (Fsp3) is 0.444. The van der Waals surface area contributed by atoms with E-state index >= 15 is 0 Å². The summed E-state index contributed by atoms with van der Waals surface area (Å²) in [7, 11) is 2.04. The number of nitrogens with one attached hydrogen (secondary N) is 4. The standard InChI is InChI=1S/C27H36N8O2S/c1-16-9-10-19(38-16)21(27(2,3)4)31-25-24(32-22-23(33-25)29-15-28-22)30-18-8-6-7-17(20(18)36)26(37)35-13-11-34(5)12-14-35/h6-10,21,36H,11-15H2,1-5H3,(H2,28,30,32)(H2,29,31,33)/t21-/m0/s1. The predicted octanol–water partition coefficient (Wildman–Crippen LogP) is 4.68. The van der Waals surface area contributed by atoms with Crippen molar-refractivity contribution in [3.8, 4) is 5.75 Å². The van der Waals surface area contributed by atoms with E-state index in [0.717, 1.165) is 13.1 Å². The minimum absolute atomic E-state index is 0.0257. The molecule has 0 saturated carbocycles. The molecule has 1 aromatic carbocycles. The highest BCUT2D eigenvalue weighted by molar-refractivity contribution is 7.12. The van der Waals surface area contributed by atoms with Crippen LogP contribution in [0.4, 0.5) is 29.0 Å². The Bertz CT molecular complexity index is 1330. The largest absolute Gasteiger partial charge is 0.505 e. The second-order valence-electron chi connectivity index (χ2n) is 11.0. The number of para-hydroxylation sites is 1. The van der Waals surface area contributed by atoms with E-state index in [1.54, 1.807) is 34.4 Å². The SMILES string of the molecule is Cc1ccc([C@H](Nc2nc3c(nc2Nc2cccc(C(=O)N4CCN(C)CC4)c2O)NCN3)C(C)(C)C)s1. The minimum Gasteiger partial charge on any atom is -0.505 e. The first-order valence-corrected chi connectivity index (χ1v) is 13.7. The number of fused-ring (bicyclic) bond motifs is 1. The molecule has 0 spiro atoms. The van der Waals surface area contributed by atoms with Crippen molar-refractivity contribution < 1.29 is 9.90 Å². The summed E-state index contributed by atoms with van der Waals surface area (Å²) in [6.45, 7) is 12.1. The number of hydrogen-bond donors (Lipinski definition) is 5. The van der Waals surface area contributed by atoms with Crippen molar-refractivity contribution in [2.45, 2.75) is 33.7 Å². The average molecular weight is 537 g/mol. The lowest BCUT2D eigenvalue weighted by atomic mass is 9.86. The quantitative estimate of drug-likeness (QED) is 0.286. The summed E-state index contributed by atoms with van der Waals surface area (Å²) in [5.74, 6) is 2.03. The van der Waals surface area contributed by atoms with Crippen LogP contribution < -0.4 is 21.3 Å². The van der Waals surface area contributed by atoms with Gasteiger partial charge in [0.1, 0.15) is 0 Å². The van der Waals surface area contributed by atoms with E-state index < -0.39 is 0 Å². The molecule has 38 heavy (non-hydrogen) atoms. The molecule has 5 rings (SSSR count). The van der Waals surface area contributed by atoms with E-state index in [9.17, 15) is 9.90 Å². The van der Waals surface area contributed by atoms with E-state index in [4.69, 9.17) is 9.97 Å². The maximum Gasteiger partial charge on any atom is 0.257 e. The van der Waals surface area contributed by atoms with E-state index in [2.05, 4.69) is 66.0 Å². The predicted molar refractivity (Wildman–Crippen MR) is 154 cm³/mol. The van der Waals surface area contributed by atoms with Gasteiger partial charge in [-0.2, -0.15) is 0 Å². The molecule has 2 aromatic heterocycles. The molecule has 5 N–H and O–H groups in total. The molecular formula is C27H36N8O2S.